The van der Waals surface area contributed by atoms with E-state index in [2.05, 4.69) is 135 Å². The Bertz CT molecular complexity index is 3480. The minimum absolute atomic E-state index is 0.0514. The van der Waals surface area contributed by atoms with Gasteiger partial charge in [-0.15, -0.1) is 0 Å². The van der Waals surface area contributed by atoms with Crippen molar-refractivity contribution in [3.05, 3.63) is 187 Å². The van der Waals surface area contributed by atoms with Crippen LogP contribution in [0, 0.1) is 0 Å². The average molecular weight is 758 g/mol. The molecule has 0 N–H and O–H groups in total. The number of hydrogen-bond donors (Lipinski definition) is 0. The number of fused-ring (bicyclic) bond motifs is 9. The lowest BCUT2D eigenvalue weighted by Gasteiger charge is -2.21. The third-order valence-electron chi connectivity index (χ3n) is 12.2. The summed E-state index contributed by atoms with van der Waals surface area (Å²) in [4.78, 5) is 15.9. The van der Waals surface area contributed by atoms with Crippen LogP contribution in [0.1, 0.15) is 25.0 Å². The number of hydrogen-bond acceptors (Lipinski definition) is 5. The van der Waals surface area contributed by atoms with E-state index in [1.54, 1.807) is 0 Å². The van der Waals surface area contributed by atoms with E-state index < -0.39 is 0 Å². The van der Waals surface area contributed by atoms with Gasteiger partial charge in [-0.3, -0.25) is 0 Å². The van der Waals surface area contributed by atoms with Gasteiger partial charge in [0, 0.05) is 43.7 Å². The van der Waals surface area contributed by atoms with E-state index in [0.717, 1.165) is 82.8 Å². The molecule has 59 heavy (non-hydrogen) atoms. The molecule has 0 fully saturated rings. The molecule has 5 heteroatoms. The maximum atomic E-state index is 6.57. The number of rotatable bonds is 5. The van der Waals surface area contributed by atoms with Crippen LogP contribution in [-0.2, 0) is 5.41 Å². The van der Waals surface area contributed by atoms with Crippen molar-refractivity contribution in [2.24, 2.45) is 0 Å². The van der Waals surface area contributed by atoms with E-state index in [0.29, 0.717) is 17.5 Å². The van der Waals surface area contributed by atoms with Crippen LogP contribution >= 0.6 is 0 Å². The van der Waals surface area contributed by atoms with Crippen molar-refractivity contribution >= 4 is 43.9 Å². The van der Waals surface area contributed by atoms with Crippen LogP contribution in [0.5, 0.6) is 0 Å². The Morgan fingerprint density at radius 1 is 0.339 bits per heavy atom. The summed E-state index contributed by atoms with van der Waals surface area (Å²) in [6, 6.07) is 61.3. The molecule has 0 radical (unpaired) electrons. The molecule has 5 nitrogen and oxygen atoms in total. The van der Waals surface area contributed by atoms with E-state index in [9.17, 15) is 0 Å². The maximum absolute atomic E-state index is 6.57. The number of nitrogens with zero attached hydrogens (tertiary/aromatic N) is 3. The lowest BCUT2D eigenvalue weighted by molar-refractivity contribution is 0.660. The normalized spacial score (nSPS) is 13.1. The van der Waals surface area contributed by atoms with Crippen LogP contribution in [0.25, 0.3) is 111 Å². The van der Waals surface area contributed by atoms with Gasteiger partial charge < -0.3 is 8.83 Å². The second-order valence-electron chi connectivity index (χ2n) is 15.9. The summed E-state index contributed by atoms with van der Waals surface area (Å²) in [7, 11) is 0. The highest BCUT2D eigenvalue weighted by atomic mass is 16.3. The lowest BCUT2D eigenvalue weighted by Crippen LogP contribution is -2.14. The summed E-state index contributed by atoms with van der Waals surface area (Å²) in [6.07, 6.45) is 0. The highest BCUT2D eigenvalue weighted by Gasteiger charge is 2.35. The van der Waals surface area contributed by atoms with Crippen LogP contribution in [0.4, 0.5) is 0 Å². The van der Waals surface area contributed by atoms with Gasteiger partial charge in [0.05, 0.1) is 0 Å². The molecule has 1 aliphatic carbocycles. The summed E-state index contributed by atoms with van der Waals surface area (Å²) in [5.74, 6) is 1.71. The molecule has 0 bridgehead atoms. The van der Waals surface area contributed by atoms with Crippen LogP contribution in [0.3, 0.4) is 0 Å². The lowest BCUT2D eigenvalue weighted by atomic mass is 9.82. The maximum Gasteiger partial charge on any atom is 0.164 e. The van der Waals surface area contributed by atoms with Crippen molar-refractivity contribution in [3.63, 3.8) is 0 Å². The Balaban J connectivity index is 1.09. The average Bonchev–Trinajstić information content (AvgIpc) is 3.94. The molecule has 0 unspecified atom stereocenters. The number of para-hydroxylation sites is 1. The van der Waals surface area contributed by atoms with Gasteiger partial charge in [-0.1, -0.05) is 153 Å². The zero-order valence-electron chi connectivity index (χ0n) is 32.4. The second-order valence-corrected chi connectivity index (χ2v) is 15.9. The summed E-state index contributed by atoms with van der Waals surface area (Å²) in [5, 5.41) is 3.95. The van der Waals surface area contributed by atoms with E-state index >= 15 is 0 Å². The van der Waals surface area contributed by atoms with E-state index in [4.69, 9.17) is 23.8 Å². The van der Waals surface area contributed by atoms with Crippen molar-refractivity contribution in [2.45, 2.75) is 19.3 Å². The number of aromatic nitrogens is 3. The Kier molecular flexibility index (Phi) is 7.20. The molecule has 11 aromatic rings. The fourth-order valence-corrected chi connectivity index (χ4v) is 9.34. The van der Waals surface area contributed by atoms with Crippen molar-refractivity contribution in [2.75, 3.05) is 0 Å². The smallest absolute Gasteiger partial charge is 0.164 e. The van der Waals surface area contributed by atoms with Crippen molar-refractivity contribution < 1.29 is 8.83 Å². The molecule has 0 aliphatic heterocycles. The first-order valence-corrected chi connectivity index (χ1v) is 20.0. The zero-order chi connectivity index (χ0) is 39.2. The van der Waals surface area contributed by atoms with Gasteiger partial charge in [0.1, 0.15) is 22.3 Å². The Labute approximate surface area is 340 Å². The van der Waals surface area contributed by atoms with E-state index in [1.807, 2.05) is 54.6 Å². The van der Waals surface area contributed by atoms with Crippen LogP contribution in [0.15, 0.2) is 185 Å². The predicted octanol–water partition coefficient (Wildman–Crippen LogP) is 14.3. The fraction of sp³-hybridized carbons (Fsp3) is 0.0556. The molecular formula is C54H35N3O2. The fourth-order valence-electron chi connectivity index (χ4n) is 9.34. The third-order valence-corrected chi connectivity index (χ3v) is 12.2. The molecule has 0 spiro atoms. The molecule has 0 saturated heterocycles. The SMILES string of the molecule is CC1(C)c2ccccc2-c2cc(-c3ccc4oc5cccc(-c6nc(-c7ccccc7-c7ccccc7)nc(-c7cccc8oc9ccccc9c78)n6)c5c4c3)ccc21. The molecule has 1 aliphatic rings. The largest absolute Gasteiger partial charge is 0.456 e. The van der Waals surface area contributed by atoms with Gasteiger partial charge in [0.25, 0.3) is 0 Å². The van der Waals surface area contributed by atoms with Crippen LogP contribution in [0.2, 0.25) is 0 Å². The third kappa shape index (κ3) is 5.14. The van der Waals surface area contributed by atoms with Gasteiger partial charge in [0.2, 0.25) is 0 Å². The monoisotopic (exact) mass is 757 g/mol. The van der Waals surface area contributed by atoms with E-state index in [1.165, 1.54) is 22.3 Å². The predicted molar refractivity (Wildman–Crippen MR) is 239 cm³/mol. The minimum Gasteiger partial charge on any atom is -0.456 e. The summed E-state index contributed by atoms with van der Waals surface area (Å²) in [6.45, 7) is 4.64. The summed E-state index contributed by atoms with van der Waals surface area (Å²) in [5.41, 5.74) is 15.5. The molecular weight excluding hydrogens is 723 g/mol. The summed E-state index contributed by atoms with van der Waals surface area (Å²) < 4.78 is 12.9. The van der Waals surface area contributed by atoms with E-state index in [-0.39, 0.29) is 5.41 Å². The molecule has 278 valence electrons. The molecule has 0 atom stereocenters. The van der Waals surface area contributed by atoms with Crippen molar-refractivity contribution in [1.82, 2.24) is 15.0 Å². The minimum atomic E-state index is -0.0514. The highest BCUT2D eigenvalue weighted by molar-refractivity contribution is 6.14. The van der Waals surface area contributed by atoms with Gasteiger partial charge >= 0.3 is 0 Å². The van der Waals surface area contributed by atoms with Crippen LogP contribution < -0.4 is 0 Å². The van der Waals surface area contributed by atoms with Crippen LogP contribution in [-0.4, -0.2) is 15.0 Å². The topological polar surface area (TPSA) is 65.0 Å². The Hall–Kier alpha value is -7.63. The van der Waals surface area contributed by atoms with Gasteiger partial charge in [0.15, 0.2) is 17.5 Å². The molecule has 0 amide bonds. The molecule has 3 aromatic heterocycles. The molecule has 12 rings (SSSR count). The van der Waals surface area contributed by atoms with Gasteiger partial charge in [-0.2, -0.15) is 0 Å². The van der Waals surface area contributed by atoms with Gasteiger partial charge in [-0.05, 0) is 80.9 Å². The molecule has 3 heterocycles. The molecule has 0 saturated carbocycles. The second kappa shape index (κ2) is 12.7. The first-order chi connectivity index (χ1) is 29.0. The Morgan fingerprint density at radius 2 is 0.847 bits per heavy atom. The van der Waals surface area contributed by atoms with Crippen molar-refractivity contribution in [3.8, 4) is 67.5 Å². The quantitative estimate of drug-likeness (QED) is 0.175. The molecule has 8 aromatic carbocycles. The number of benzene rings is 8. The highest BCUT2D eigenvalue weighted by Crippen LogP contribution is 2.50. The standard InChI is InChI=1S/C54H35N3O2/c1-54(2)43-22-10-8-17-36(43)41-30-33(26-28-44(41)54)34-27-29-46-42(31-34)50-40(21-13-25-48(50)59-46)53-56-51(37-18-7-6-16-35(37)32-14-4-3-5-15-32)55-52(57-53)39-20-12-24-47-49(39)38-19-9-11-23-45(38)58-47/h3-31H,1-2H3. The Morgan fingerprint density at radius 3 is 1.59 bits per heavy atom. The number of furan rings is 2. The zero-order valence-corrected chi connectivity index (χ0v) is 32.4. The first kappa shape index (κ1) is 33.5. The first-order valence-electron chi connectivity index (χ1n) is 20.0. The van der Waals surface area contributed by atoms with Gasteiger partial charge in [-0.25, -0.2) is 15.0 Å². The summed E-state index contributed by atoms with van der Waals surface area (Å²) >= 11 is 0. The van der Waals surface area contributed by atoms with Crippen molar-refractivity contribution in [1.29, 1.82) is 0 Å².